The van der Waals surface area contributed by atoms with Gasteiger partial charge < -0.3 is 10.3 Å². The molecule has 0 saturated carbocycles. The Hall–Kier alpha value is -1.62. The first-order valence-electron chi connectivity index (χ1n) is 6.51. The summed E-state index contributed by atoms with van der Waals surface area (Å²) < 4.78 is 0. The molecule has 2 heterocycles. The molecule has 0 bridgehead atoms. The van der Waals surface area contributed by atoms with Gasteiger partial charge in [0.1, 0.15) is 11.6 Å². The predicted molar refractivity (Wildman–Crippen MR) is 79.9 cm³/mol. The number of hydrogen-bond acceptors (Lipinski definition) is 4. The van der Waals surface area contributed by atoms with Gasteiger partial charge in [0.25, 0.3) is 5.56 Å². The van der Waals surface area contributed by atoms with Crippen LogP contribution in [0.2, 0.25) is 0 Å². The zero-order valence-corrected chi connectivity index (χ0v) is 12.3. The molecule has 1 atom stereocenters. The summed E-state index contributed by atoms with van der Waals surface area (Å²) in [6, 6.07) is 5.86. The summed E-state index contributed by atoms with van der Waals surface area (Å²) in [5, 5.41) is 5.41. The monoisotopic (exact) mass is 277 g/mol. The minimum atomic E-state index is -0.109. The predicted octanol–water partition coefficient (Wildman–Crippen LogP) is 3.52. The van der Waals surface area contributed by atoms with Crippen molar-refractivity contribution >= 4 is 17.2 Å². The normalized spacial score (nSPS) is 12.6. The maximum absolute atomic E-state index is 11.6. The van der Waals surface area contributed by atoms with Gasteiger partial charge in [-0.05, 0) is 17.9 Å². The minimum Gasteiger partial charge on any atom is -0.362 e. The lowest BCUT2D eigenvalue weighted by Gasteiger charge is -2.16. The first-order valence-corrected chi connectivity index (χ1v) is 7.39. The van der Waals surface area contributed by atoms with Crippen LogP contribution in [-0.2, 0) is 0 Å². The topological polar surface area (TPSA) is 57.8 Å². The highest BCUT2D eigenvalue weighted by atomic mass is 32.1. The Morgan fingerprint density at radius 1 is 1.47 bits per heavy atom. The molecule has 2 aromatic heterocycles. The zero-order valence-electron chi connectivity index (χ0n) is 11.4. The van der Waals surface area contributed by atoms with Crippen LogP contribution >= 0.6 is 11.3 Å². The van der Waals surface area contributed by atoms with Crippen LogP contribution in [0.5, 0.6) is 0 Å². The molecule has 0 saturated heterocycles. The van der Waals surface area contributed by atoms with Crippen LogP contribution in [0.4, 0.5) is 5.82 Å². The highest BCUT2D eigenvalue weighted by molar-refractivity contribution is 7.10. The van der Waals surface area contributed by atoms with E-state index >= 15 is 0 Å². The number of nitrogens with one attached hydrogen (secondary N) is 2. The minimum absolute atomic E-state index is 0.109. The molecule has 0 aliphatic carbocycles. The summed E-state index contributed by atoms with van der Waals surface area (Å²) in [6.07, 6.45) is 0.950. The summed E-state index contributed by atoms with van der Waals surface area (Å²) in [6.45, 7) is 6.14. The third-order valence-electron chi connectivity index (χ3n) is 2.92. The summed E-state index contributed by atoms with van der Waals surface area (Å²) >= 11 is 1.71. The van der Waals surface area contributed by atoms with E-state index in [0.29, 0.717) is 5.82 Å². The van der Waals surface area contributed by atoms with Gasteiger partial charge >= 0.3 is 0 Å². The standard InChI is InChI=1S/C14H19N3OS/c1-4-10(11-6-5-7-19-11)15-12-8-13(18)17-14(16-12)9(2)3/h5-10H,4H2,1-3H3,(H2,15,16,17,18). The number of H-pyrrole nitrogens is 1. The van der Waals surface area contributed by atoms with Gasteiger partial charge in [0.2, 0.25) is 0 Å². The van der Waals surface area contributed by atoms with Crippen molar-refractivity contribution in [3.63, 3.8) is 0 Å². The maximum Gasteiger partial charge on any atom is 0.252 e. The largest absolute Gasteiger partial charge is 0.362 e. The first kappa shape index (κ1) is 13.8. The molecule has 0 fully saturated rings. The van der Waals surface area contributed by atoms with Crippen LogP contribution < -0.4 is 10.9 Å². The molecule has 0 radical (unpaired) electrons. The van der Waals surface area contributed by atoms with Gasteiger partial charge in [-0.2, -0.15) is 0 Å². The van der Waals surface area contributed by atoms with Gasteiger partial charge in [-0.3, -0.25) is 4.79 Å². The van der Waals surface area contributed by atoms with Crippen LogP contribution in [0.1, 0.15) is 49.9 Å². The van der Waals surface area contributed by atoms with E-state index in [1.54, 1.807) is 11.3 Å². The lowest BCUT2D eigenvalue weighted by Crippen LogP contribution is -2.16. The molecule has 2 N–H and O–H groups in total. The van der Waals surface area contributed by atoms with Crippen LogP contribution in [0, 0.1) is 0 Å². The van der Waals surface area contributed by atoms with E-state index in [1.807, 2.05) is 19.9 Å². The van der Waals surface area contributed by atoms with E-state index in [-0.39, 0.29) is 17.5 Å². The number of hydrogen-bond donors (Lipinski definition) is 2. The SMILES string of the molecule is CCC(Nc1cc(=O)[nH]c(C(C)C)n1)c1cccs1. The van der Waals surface area contributed by atoms with Crippen molar-refractivity contribution in [3.05, 3.63) is 44.6 Å². The molecule has 0 amide bonds. The Morgan fingerprint density at radius 3 is 2.84 bits per heavy atom. The summed E-state index contributed by atoms with van der Waals surface area (Å²) in [5.74, 6) is 1.57. The van der Waals surface area contributed by atoms with Crippen LogP contribution in [0.3, 0.4) is 0 Å². The second-order valence-electron chi connectivity index (χ2n) is 4.79. The van der Waals surface area contributed by atoms with Crippen molar-refractivity contribution < 1.29 is 0 Å². The van der Waals surface area contributed by atoms with E-state index < -0.39 is 0 Å². The van der Waals surface area contributed by atoms with Gasteiger partial charge in [0.05, 0.1) is 6.04 Å². The van der Waals surface area contributed by atoms with Gasteiger partial charge in [-0.25, -0.2) is 4.98 Å². The fourth-order valence-electron chi connectivity index (χ4n) is 1.87. The Bertz CT molecular complexity index is 575. The second-order valence-corrected chi connectivity index (χ2v) is 5.77. The van der Waals surface area contributed by atoms with Crippen molar-refractivity contribution in [3.8, 4) is 0 Å². The highest BCUT2D eigenvalue weighted by Gasteiger charge is 2.12. The molecule has 0 aliphatic rings. The van der Waals surface area contributed by atoms with Gasteiger partial charge in [0, 0.05) is 16.9 Å². The number of anilines is 1. The average molecular weight is 277 g/mol. The van der Waals surface area contributed by atoms with E-state index in [1.165, 1.54) is 10.9 Å². The number of aromatic nitrogens is 2. The van der Waals surface area contributed by atoms with Crippen molar-refractivity contribution in [1.82, 2.24) is 9.97 Å². The van der Waals surface area contributed by atoms with Gasteiger partial charge in [0.15, 0.2) is 0 Å². The van der Waals surface area contributed by atoms with E-state index in [4.69, 9.17) is 0 Å². The lowest BCUT2D eigenvalue weighted by molar-refractivity contribution is 0.736. The van der Waals surface area contributed by atoms with Crippen molar-refractivity contribution in [2.24, 2.45) is 0 Å². The molecule has 1 unspecified atom stereocenters. The Labute approximate surface area is 116 Å². The number of thiophene rings is 1. The molecular weight excluding hydrogens is 258 g/mol. The molecule has 0 aromatic carbocycles. The third kappa shape index (κ3) is 3.44. The molecule has 2 rings (SSSR count). The fourth-order valence-corrected chi connectivity index (χ4v) is 2.73. The van der Waals surface area contributed by atoms with Crippen LogP contribution in [0.25, 0.3) is 0 Å². The Morgan fingerprint density at radius 2 is 2.26 bits per heavy atom. The quantitative estimate of drug-likeness (QED) is 0.879. The summed E-state index contributed by atoms with van der Waals surface area (Å²) in [7, 11) is 0. The zero-order chi connectivity index (χ0) is 13.8. The average Bonchev–Trinajstić information content (AvgIpc) is 2.89. The molecule has 2 aromatic rings. The van der Waals surface area contributed by atoms with Crippen molar-refractivity contribution in [2.75, 3.05) is 5.32 Å². The second kappa shape index (κ2) is 6.02. The molecule has 0 aliphatic heterocycles. The molecular formula is C14H19N3OS. The van der Waals surface area contributed by atoms with E-state index in [2.05, 4.69) is 33.7 Å². The van der Waals surface area contributed by atoms with Crippen LogP contribution in [-0.4, -0.2) is 9.97 Å². The van der Waals surface area contributed by atoms with Crippen molar-refractivity contribution in [1.29, 1.82) is 0 Å². The van der Waals surface area contributed by atoms with Crippen LogP contribution in [0.15, 0.2) is 28.4 Å². The molecule has 102 valence electrons. The lowest BCUT2D eigenvalue weighted by atomic mass is 10.2. The third-order valence-corrected chi connectivity index (χ3v) is 3.91. The van der Waals surface area contributed by atoms with Gasteiger partial charge in [-0.1, -0.05) is 26.8 Å². The number of rotatable bonds is 5. The van der Waals surface area contributed by atoms with E-state index in [0.717, 1.165) is 12.2 Å². The fraction of sp³-hybridized carbons (Fsp3) is 0.429. The molecule has 4 nitrogen and oxygen atoms in total. The smallest absolute Gasteiger partial charge is 0.252 e. The first-order chi connectivity index (χ1) is 9.10. The molecule has 0 spiro atoms. The number of nitrogens with zero attached hydrogens (tertiary/aromatic N) is 1. The Balaban J connectivity index is 2.25. The van der Waals surface area contributed by atoms with Crippen molar-refractivity contribution in [2.45, 2.75) is 39.2 Å². The number of aromatic amines is 1. The Kier molecular flexibility index (Phi) is 4.37. The summed E-state index contributed by atoms with van der Waals surface area (Å²) in [5.41, 5.74) is -0.109. The van der Waals surface area contributed by atoms with Gasteiger partial charge in [-0.15, -0.1) is 11.3 Å². The molecule has 19 heavy (non-hydrogen) atoms. The summed E-state index contributed by atoms with van der Waals surface area (Å²) in [4.78, 5) is 20.1. The van der Waals surface area contributed by atoms with E-state index in [9.17, 15) is 4.79 Å². The maximum atomic E-state index is 11.6. The molecule has 5 heteroatoms. The highest BCUT2D eigenvalue weighted by Crippen LogP contribution is 2.25.